The third-order valence-electron chi connectivity index (χ3n) is 2.93. The van der Waals surface area contributed by atoms with Gasteiger partial charge in [-0.3, -0.25) is 4.79 Å². The zero-order chi connectivity index (χ0) is 12.3. The minimum absolute atomic E-state index is 0.225. The normalized spacial score (nSPS) is 15.8. The average molecular weight is 232 g/mol. The molecule has 90 valence electrons. The zero-order valence-electron chi connectivity index (χ0n) is 9.57. The monoisotopic (exact) mass is 232 g/mol. The molecular weight excluding hydrogens is 216 g/mol. The maximum atomic E-state index is 11.3. The van der Waals surface area contributed by atoms with Crippen LogP contribution in [-0.2, 0) is 4.79 Å². The number of carbonyl (C=O) groups excluding carboxylic acids is 1. The van der Waals surface area contributed by atoms with Gasteiger partial charge in [-0.25, -0.2) is 0 Å². The van der Waals surface area contributed by atoms with Gasteiger partial charge in [-0.15, -0.1) is 0 Å². The van der Waals surface area contributed by atoms with E-state index < -0.39 is 0 Å². The Morgan fingerprint density at radius 3 is 2.47 bits per heavy atom. The minimum atomic E-state index is -0.342. The van der Waals surface area contributed by atoms with Crippen molar-refractivity contribution in [2.24, 2.45) is 5.73 Å². The summed E-state index contributed by atoms with van der Waals surface area (Å²) >= 11 is 0. The first-order chi connectivity index (χ1) is 8.16. The number of primary amides is 1. The number of phenols is 1. The van der Waals surface area contributed by atoms with Crippen molar-refractivity contribution in [1.29, 1.82) is 0 Å². The predicted molar refractivity (Wildman–Crippen MR) is 66.4 cm³/mol. The van der Waals surface area contributed by atoms with Crippen molar-refractivity contribution < 1.29 is 9.90 Å². The van der Waals surface area contributed by atoms with E-state index in [1.807, 2.05) is 0 Å². The zero-order valence-corrected chi connectivity index (χ0v) is 9.57. The molecule has 4 nitrogen and oxygen atoms in total. The van der Waals surface area contributed by atoms with Crippen LogP contribution in [0.5, 0.6) is 5.75 Å². The molecule has 0 aliphatic heterocycles. The number of phenolic OH excluding ortho intramolecular Hbond substituents is 1. The number of rotatable bonds is 3. The number of nitrogens with two attached hydrogens (primary N) is 1. The highest BCUT2D eigenvalue weighted by Crippen LogP contribution is 2.26. The third kappa shape index (κ3) is 2.78. The molecule has 0 fully saturated rings. The number of hydrogen-bond donors (Lipinski definition) is 3. The first-order valence-corrected chi connectivity index (χ1v) is 5.74. The Balaban J connectivity index is 2.21. The molecule has 1 aliphatic rings. The summed E-state index contributed by atoms with van der Waals surface area (Å²) in [7, 11) is 0. The molecule has 0 radical (unpaired) electrons. The maximum absolute atomic E-state index is 11.3. The van der Waals surface area contributed by atoms with Gasteiger partial charge in [-0.2, -0.15) is 0 Å². The molecule has 1 amide bonds. The van der Waals surface area contributed by atoms with Gasteiger partial charge in [0, 0.05) is 17.0 Å². The van der Waals surface area contributed by atoms with Crippen molar-refractivity contribution in [3.8, 4) is 5.75 Å². The third-order valence-corrected chi connectivity index (χ3v) is 2.93. The van der Waals surface area contributed by atoms with Gasteiger partial charge in [-0.05, 0) is 49.9 Å². The summed E-state index contributed by atoms with van der Waals surface area (Å²) < 4.78 is 0. The topological polar surface area (TPSA) is 75.4 Å². The Morgan fingerprint density at radius 1 is 1.18 bits per heavy atom. The van der Waals surface area contributed by atoms with E-state index in [0.29, 0.717) is 5.57 Å². The van der Waals surface area contributed by atoms with Crippen molar-refractivity contribution >= 4 is 11.6 Å². The molecule has 0 bridgehead atoms. The first-order valence-electron chi connectivity index (χ1n) is 5.74. The quantitative estimate of drug-likeness (QED) is 0.699. The lowest BCUT2D eigenvalue weighted by molar-refractivity contribution is -0.114. The van der Waals surface area contributed by atoms with Gasteiger partial charge in [0.25, 0.3) is 0 Å². The lowest BCUT2D eigenvalue weighted by Crippen LogP contribution is -2.21. The van der Waals surface area contributed by atoms with E-state index in [9.17, 15) is 9.90 Å². The van der Waals surface area contributed by atoms with Crippen LogP contribution < -0.4 is 11.1 Å². The van der Waals surface area contributed by atoms with Crippen LogP contribution in [0.1, 0.15) is 25.7 Å². The number of amides is 1. The standard InChI is InChI=1S/C13H16N2O2/c14-13(17)11-3-1-2-4-12(11)15-9-5-7-10(16)8-6-9/h5-8,15-16H,1-4H2,(H2,14,17). The van der Waals surface area contributed by atoms with Crippen LogP contribution in [0.4, 0.5) is 5.69 Å². The van der Waals surface area contributed by atoms with E-state index in [4.69, 9.17) is 5.73 Å². The second kappa shape index (κ2) is 4.91. The molecule has 0 heterocycles. The summed E-state index contributed by atoms with van der Waals surface area (Å²) in [6, 6.07) is 6.76. The van der Waals surface area contributed by atoms with E-state index in [0.717, 1.165) is 37.1 Å². The lowest BCUT2D eigenvalue weighted by Gasteiger charge is -2.19. The number of aromatic hydroxyl groups is 1. The number of hydrogen-bond acceptors (Lipinski definition) is 3. The molecule has 0 aromatic heterocycles. The average Bonchev–Trinajstić information content (AvgIpc) is 2.32. The van der Waals surface area contributed by atoms with Crippen molar-refractivity contribution in [1.82, 2.24) is 0 Å². The van der Waals surface area contributed by atoms with Crippen molar-refractivity contribution in [3.05, 3.63) is 35.5 Å². The van der Waals surface area contributed by atoms with Crippen LogP contribution in [0.15, 0.2) is 35.5 Å². The number of benzene rings is 1. The molecule has 4 heteroatoms. The van der Waals surface area contributed by atoms with Crippen molar-refractivity contribution in [2.45, 2.75) is 25.7 Å². The molecule has 4 N–H and O–H groups in total. The maximum Gasteiger partial charge on any atom is 0.246 e. The van der Waals surface area contributed by atoms with Crippen LogP contribution in [-0.4, -0.2) is 11.0 Å². The molecule has 17 heavy (non-hydrogen) atoms. The Bertz CT molecular complexity index is 449. The lowest BCUT2D eigenvalue weighted by atomic mass is 9.95. The van der Waals surface area contributed by atoms with Crippen LogP contribution >= 0.6 is 0 Å². The highest BCUT2D eigenvalue weighted by atomic mass is 16.3. The molecule has 0 saturated carbocycles. The summed E-state index contributed by atoms with van der Waals surface area (Å²) in [5.41, 5.74) is 7.83. The van der Waals surface area contributed by atoms with E-state index in [-0.39, 0.29) is 11.7 Å². The van der Waals surface area contributed by atoms with E-state index in [1.165, 1.54) is 0 Å². The Hall–Kier alpha value is -1.97. The molecule has 0 atom stereocenters. The number of carbonyl (C=O) groups is 1. The van der Waals surface area contributed by atoms with E-state index in [2.05, 4.69) is 5.32 Å². The smallest absolute Gasteiger partial charge is 0.246 e. The first kappa shape index (κ1) is 11.5. The molecule has 1 aliphatic carbocycles. The second-order valence-electron chi connectivity index (χ2n) is 4.20. The van der Waals surface area contributed by atoms with Gasteiger partial charge in [0.2, 0.25) is 5.91 Å². The fourth-order valence-corrected chi connectivity index (χ4v) is 2.03. The van der Waals surface area contributed by atoms with Crippen molar-refractivity contribution in [2.75, 3.05) is 5.32 Å². The summed E-state index contributed by atoms with van der Waals surface area (Å²) in [6.45, 7) is 0. The summed E-state index contributed by atoms with van der Waals surface area (Å²) in [4.78, 5) is 11.3. The number of allylic oxidation sites excluding steroid dienone is 1. The number of nitrogens with one attached hydrogen (secondary N) is 1. The van der Waals surface area contributed by atoms with E-state index in [1.54, 1.807) is 24.3 Å². The molecule has 2 rings (SSSR count). The van der Waals surface area contributed by atoms with Gasteiger partial charge < -0.3 is 16.2 Å². The van der Waals surface area contributed by atoms with Gasteiger partial charge in [0.1, 0.15) is 5.75 Å². The Morgan fingerprint density at radius 2 is 1.82 bits per heavy atom. The SMILES string of the molecule is NC(=O)C1=C(Nc2ccc(O)cc2)CCCC1. The Kier molecular flexibility index (Phi) is 3.32. The molecule has 1 aromatic carbocycles. The fraction of sp³-hybridized carbons (Fsp3) is 0.308. The molecule has 0 spiro atoms. The molecular formula is C13H16N2O2. The highest BCUT2D eigenvalue weighted by molar-refractivity contribution is 5.93. The highest BCUT2D eigenvalue weighted by Gasteiger charge is 2.16. The molecule has 0 unspecified atom stereocenters. The van der Waals surface area contributed by atoms with Crippen LogP contribution in [0.25, 0.3) is 0 Å². The molecule has 0 saturated heterocycles. The fourth-order valence-electron chi connectivity index (χ4n) is 2.03. The Labute approximate surface area is 100 Å². The molecule has 1 aromatic rings. The van der Waals surface area contributed by atoms with Crippen LogP contribution in [0.3, 0.4) is 0 Å². The summed E-state index contributed by atoms with van der Waals surface area (Å²) in [5.74, 6) is -0.116. The van der Waals surface area contributed by atoms with Gasteiger partial charge in [-0.1, -0.05) is 0 Å². The summed E-state index contributed by atoms with van der Waals surface area (Å²) in [6.07, 6.45) is 3.67. The van der Waals surface area contributed by atoms with Gasteiger partial charge in [0.15, 0.2) is 0 Å². The van der Waals surface area contributed by atoms with Gasteiger partial charge in [0.05, 0.1) is 0 Å². The minimum Gasteiger partial charge on any atom is -0.508 e. The second-order valence-corrected chi connectivity index (χ2v) is 4.20. The van der Waals surface area contributed by atoms with Crippen LogP contribution in [0.2, 0.25) is 0 Å². The van der Waals surface area contributed by atoms with Crippen molar-refractivity contribution in [3.63, 3.8) is 0 Å². The largest absolute Gasteiger partial charge is 0.508 e. The number of anilines is 1. The van der Waals surface area contributed by atoms with Gasteiger partial charge >= 0.3 is 0 Å². The summed E-state index contributed by atoms with van der Waals surface area (Å²) in [5, 5.41) is 12.4. The predicted octanol–water partition coefficient (Wildman–Crippen LogP) is 2.12. The van der Waals surface area contributed by atoms with Crippen LogP contribution in [0, 0.1) is 0 Å². The van der Waals surface area contributed by atoms with E-state index >= 15 is 0 Å².